The predicted octanol–water partition coefficient (Wildman–Crippen LogP) is 1.93. The number of piperazine rings is 1. The van der Waals surface area contributed by atoms with E-state index in [0.29, 0.717) is 18.8 Å². The minimum atomic E-state index is -2.51. The fraction of sp³-hybridized carbons (Fsp3) is 0.316. The summed E-state index contributed by atoms with van der Waals surface area (Å²) in [6.45, 7) is 1.64. The first-order valence-corrected chi connectivity index (χ1v) is 8.68. The van der Waals surface area contributed by atoms with Gasteiger partial charge in [-0.25, -0.2) is 8.78 Å². The molecule has 2 aromatic rings. The number of nitrogen functional groups attached to an aromatic ring is 2. The maximum absolute atomic E-state index is 12.5. The summed E-state index contributed by atoms with van der Waals surface area (Å²) in [6, 6.07) is 14.5. The van der Waals surface area contributed by atoms with E-state index >= 15 is 0 Å². The molecule has 1 amide bonds. The smallest absolute Gasteiger partial charge is 0.282 e. The van der Waals surface area contributed by atoms with Gasteiger partial charge in [0, 0.05) is 35.8 Å². The molecule has 144 valence electrons. The molecule has 6 nitrogen and oxygen atoms in total. The second-order valence-electron chi connectivity index (χ2n) is 6.67. The molecule has 0 aliphatic carbocycles. The van der Waals surface area contributed by atoms with E-state index in [1.807, 2.05) is 29.2 Å². The summed E-state index contributed by atoms with van der Waals surface area (Å²) < 4.78 is 25.0. The predicted molar refractivity (Wildman–Crippen MR) is 104 cm³/mol. The molecule has 2 saturated heterocycles. The quantitative estimate of drug-likeness (QED) is 0.698. The summed E-state index contributed by atoms with van der Waals surface area (Å²) in [7, 11) is 0. The first-order chi connectivity index (χ1) is 12.8. The van der Waals surface area contributed by atoms with Gasteiger partial charge >= 0.3 is 0 Å². The zero-order valence-electron chi connectivity index (χ0n) is 14.9. The van der Waals surface area contributed by atoms with Gasteiger partial charge in [-0.1, -0.05) is 0 Å². The molecule has 0 radical (unpaired) electrons. The van der Waals surface area contributed by atoms with Crippen LogP contribution in [0.3, 0.4) is 0 Å². The number of nitrogens with zero attached hydrogens (tertiary/aromatic N) is 2. The van der Waals surface area contributed by atoms with Crippen LogP contribution in [0, 0.1) is 0 Å². The van der Waals surface area contributed by atoms with Gasteiger partial charge in [-0.3, -0.25) is 4.79 Å². The molecule has 8 heteroatoms. The Morgan fingerprint density at radius 3 is 1.78 bits per heavy atom. The topological polar surface area (TPSA) is 87.6 Å². The second-order valence-corrected chi connectivity index (χ2v) is 6.67. The number of benzene rings is 2. The SMILES string of the molecule is Nc1ccc(N2CC(F)(F)C2)cc1.Nc1ccc(N2CCNC(=O)C2)cc1. The summed E-state index contributed by atoms with van der Waals surface area (Å²) in [4.78, 5) is 14.8. The lowest BCUT2D eigenvalue weighted by atomic mass is 10.1. The van der Waals surface area contributed by atoms with Crippen LogP contribution in [0.4, 0.5) is 31.5 Å². The number of anilines is 4. The number of nitrogens with two attached hydrogens (primary N) is 2. The number of rotatable bonds is 2. The Morgan fingerprint density at radius 1 is 0.852 bits per heavy atom. The van der Waals surface area contributed by atoms with Gasteiger partial charge in [0.25, 0.3) is 5.92 Å². The summed E-state index contributed by atoms with van der Waals surface area (Å²) in [5.41, 5.74) is 14.3. The average molecular weight is 375 g/mol. The Balaban J connectivity index is 0.000000156. The summed E-state index contributed by atoms with van der Waals surface area (Å²) in [6.07, 6.45) is 0. The molecule has 0 bridgehead atoms. The maximum Gasteiger partial charge on any atom is 0.282 e. The third kappa shape index (κ3) is 4.99. The highest BCUT2D eigenvalue weighted by Crippen LogP contribution is 2.31. The van der Waals surface area contributed by atoms with Crippen molar-refractivity contribution < 1.29 is 13.6 Å². The van der Waals surface area contributed by atoms with Crippen LogP contribution in [0.15, 0.2) is 48.5 Å². The van der Waals surface area contributed by atoms with E-state index in [1.54, 1.807) is 29.2 Å². The number of alkyl halides is 2. The number of hydrogen-bond acceptors (Lipinski definition) is 5. The van der Waals surface area contributed by atoms with E-state index in [9.17, 15) is 13.6 Å². The molecular weight excluding hydrogens is 352 g/mol. The number of halogens is 2. The molecule has 0 aromatic heterocycles. The first-order valence-electron chi connectivity index (χ1n) is 8.68. The number of carbonyl (C=O) groups is 1. The van der Waals surface area contributed by atoms with E-state index in [-0.39, 0.29) is 19.0 Å². The van der Waals surface area contributed by atoms with Crippen LogP contribution in [-0.2, 0) is 4.79 Å². The van der Waals surface area contributed by atoms with Crippen molar-refractivity contribution in [1.82, 2.24) is 5.32 Å². The van der Waals surface area contributed by atoms with E-state index in [0.717, 1.165) is 23.6 Å². The largest absolute Gasteiger partial charge is 0.399 e. The van der Waals surface area contributed by atoms with Crippen molar-refractivity contribution in [2.75, 3.05) is 54.0 Å². The van der Waals surface area contributed by atoms with Gasteiger partial charge in [-0.2, -0.15) is 0 Å². The van der Waals surface area contributed by atoms with E-state index in [2.05, 4.69) is 5.32 Å². The van der Waals surface area contributed by atoms with Crippen LogP contribution in [0.25, 0.3) is 0 Å². The molecule has 2 aliphatic rings. The zero-order valence-corrected chi connectivity index (χ0v) is 14.9. The number of hydrogen-bond donors (Lipinski definition) is 3. The molecular formula is C19H23F2N5O. The third-order valence-electron chi connectivity index (χ3n) is 4.40. The molecule has 2 heterocycles. The summed E-state index contributed by atoms with van der Waals surface area (Å²) in [5, 5.41) is 2.79. The Bertz CT molecular complexity index is 772. The highest BCUT2D eigenvalue weighted by Gasteiger charge is 2.43. The van der Waals surface area contributed by atoms with Crippen LogP contribution < -0.4 is 26.6 Å². The Kier molecular flexibility index (Phi) is 5.34. The highest BCUT2D eigenvalue weighted by molar-refractivity contribution is 5.82. The Hall–Kier alpha value is -3.03. The van der Waals surface area contributed by atoms with Crippen LogP contribution in [-0.4, -0.2) is 44.6 Å². The third-order valence-corrected chi connectivity index (χ3v) is 4.40. The fourth-order valence-corrected chi connectivity index (χ4v) is 2.92. The lowest BCUT2D eigenvalue weighted by Crippen LogP contribution is -2.56. The van der Waals surface area contributed by atoms with Gasteiger partial charge in [0.05, 0.1) is 19.6 Å². The molecule has 2 aliphatic heterocycles. The van der Waals surface area contributed by atoms with E-state index in [4.69, 9.17) is 11.5 Å². The monoisotopic (exact) mass is 375 g/mol. The van der Waals surface area contributed by atoms with Crippen molar-refractivity contribution in [3.63, 3.8) is 0 Å². The lowest BCUT2D eigenvalue weighted by molar-refractivity contribution is -0.120. The normalized spacial score (nSPS) is 18.1. The van der Waals surface area contributed by atoms with Crippen LogP contribution in [0.5, 0.6) is 0 Å². The van der Waals surface area contributed by atoms with Crippen LogP contribution in [0.2, 0.25) is 0 Å². The summed E-state index contributed by atoms with van der Waals surface area (Å²) in [5.74, 6) is -2.44. The van der Waals surface area contributed by atoms with Crippen molar-refractivity contribution in [3.8, 4) is 0 Å². The molecule has 0 atom stereocenters. The van der Waals surface area contributed by atoms with Crippen LogP contribution in [0.1, 0.15) is 0 Å². The van der Waals surface area contributed by atoms with Gasteiger partial charge < -0.3 is 26.6 Å². The van der Waals surface area contributed by atoms with Gasteiger partial charge in [0.1, 0.15) is 0 Å². The molecule has 0 spiro atoms. The number of amides is 1. The first kappa shape index (κ1) is 18.8. The number of nitrogens with one attached hydrogen (secondary N) is 1. The van der Waals surface area contributed by atoms with Crippen LogP contribution >= 0.6 is 0 Å². The van der Waals surface area contributed by atoms with Crippen molar-refractivity contribution in [2.45, 2.75) is 5.92 Å². The van der Waals surface area contributed by atoms with Crippen molar-refractivity contribution in [3.05, 3.63) is 48.5 Å². The Morgan fingerprint density at radius 2 is 1.33 bits per heavy atom. The maximum atomic E-state index is 12.5. The fourth-order valence-electron chi connectivity index (χ4n) is 2.92. The van der Waals surface area contributed by atoms with Crippen molar-refractivity contribution in [1.29, 1.82) is 0 Å². The minimum Gasteiger partial charge on any atom is -0.399 e. The van der Waals surface area contributed by atoms with Gasteiger partial charge in [0.15, 0.2) is 0 Å². The molecule has 0 unspecified atom stereocenters. The van der Waals surface area contributed by atoms with E-state index < -0.39 is 5.92 Å². The van der Waals surface area contributed by atoms with E-state index in [1.165, 1.54) is 0 Å². The van der Waals surface area contributed by atoms with Crippen molar-refractivity contribution in [2.24, 2.45) is 0 Å². The van der Waals surface area contributed by atoms with Crippen molar-refractivity contribution >= 4 is 28.7 Å². The minimum absolute atomic E-state index is 0.0769. The standard InChI is InChI=1S/C10H13N3O.C9H10F2N2/c11-8-1-3-9(4-2-8)13-6-5-12-10(14)7-13;10-9(11)5-13(6-9)8-3-1-7(12)2-4-8/h1-4H,5-7,11H2,(H,12,14);1-4H,5-6,12H2. The molecule has 0 saturated carbocycles. The lowest BCUT2D eigenvalue weighted by Gasteiger charge is -2.40. The molecule has 4 rings (SSSR count). The molecule has 2 fully saturated rings. The average Bonchev–Trinajstić information content (AvgIpc) is 2.61. The van der Waals surface area contributed by atoms with Gasteiger partial charge in [-0.05, 0) is 48.5 Å². The summed E-state index contributed by atoms with van der Waals surface area (Å²) >= 11 is 0. The second kappa shape index (κ2) is 7.69. The molecule has 27 heavy (non-hydrogen) atoms. The number of carbonyl (C=O) groups excluding carboxylic acids is 1. The Labute approximate surface area is 156 Å². The molecule has 5 N–H and O–H groups in total. The van der Waals surface area contributed by atoms with Gasteiger partial charge in [-0.15, -0.1) is 0 Å². The zero-order chi connectivity index (χ0) is 19.4. The van der Waals surface area contributed by atoms with Gasteiger partial charge in [0.2, 0.25) is 5.91 Å². The molecule has 2 aromatic carbocycles. The highest BCUT2D eigenvalue weighted by atomic mass is 19.3.